The van der Waals surface area contributed by atoms with Gasteiger partial charge in [-0.2, -0.15) is 0 Å². The van der Waals surface area contributed by atoms with Crippen LogP contribution in [-0.4, -0.2) is 27.2 Å². The van der Waals surface area contributed by atoms with Crippen molar-refractivity contribution < 1.29 is 14.3 Å². The van der Waals surface area contributed by atoms with E-state index in [0.29, 0.717) is 6.61 Å². The highest BCUT2D eigenvalue weighted by Gasteiger charge is 2.58. The Morgan fingerprint density at radius 3 is 2.47 bits per heavy atom. The molecule has 4 bridgehead atoms. The fraction of sp³-hybridized carbons (Fsp3) is 0.929. The molecule has 0 aliphatic heterocycles. The third-order valence-electron chi connectivity index (χ3n) is 5.11. The van der Waals surface area contributed by atoms with Crippen molar-refractivity contribution >= 4 is 49.2 Å². The van der Waals surface area contributed by atoms with Crippen LogP contribution in [0.15, 0.2) is 0 Å². The number of hydrogen-bond acceptors (Lipinski definition) is 3. The van der Waals surface area contributed by atoms with Gasteiger partial charge < -0.3 is 9.47 Å². The summed E-state index contributed by atoms with van der Waals surface area (Å²) in [4.78, 5) is 11.1. The number of halogens is 2. The van der Waals surface area contributed by atoms with Gasteiger partial charge in [-0.25, -0.2) is 4.79 Å². The summed E-state index contributed by atoms with van der Waals surface area (Å²) < 4.78 is 12.5. The van der Waals surface area contributed by atoms with Gasteiger partial charge in [0.2, 0.25) is 0 Å². The lowest BCUT2D eigenvalue weighted by Crippen LogP contribution is -2.58. The molecule has 108 valence electrons. The average Bonchev–Trinajstić information content (AvgIpc) is 2.33. The monoisotopic (exact) mass is 490 g/mol. The Balaban J connectivity index is 1.74. The molecule has 0 N–H and O–H groups in total. The van der Waals surface area contributed by atoms with Crippen LogP contribution in [0.25, 0.3) is 0 Å². The first-order chi connectivity index (χ1) is 9.05. The maximum Gasteiger partial charge on any atom is 0.367 e. The fourth-order valence-electron chi connectivity index (χ4n) is 5.17. The Labute approximate surface area is 141 Å². The minimum atomic E-state index is -0.171. The van der Waals surface area contributed by atoms with Crippen LogP contribution in [0.2, 0.25) is 0 Å². The van der Waals surface area contributed by atoms with Gasteiger partial charge in [0.1, 0.15) is 0 Å². The minimum Gasteiger partial charge on any atom is -0.458 e. The molecule has 0 radical (unpaired) electrons. The van der Waals surface area contributed by atoms with E-state index in [4.69, 9.17) is 9.47 Å². The smallest absolute Gasteiger partial charge is 0.367 e. The molecule has 0 saturated heterocycles. The summed E-state index contributed by atoms with van der Waals surface area (Å²) >= 11 is 4.11. The van der Waals surface area contributed by atoms with E-state index in [-0.39, 0.29) is 15.0 Å². The summed E-state index contributed by atoms with van der Waals surface area (Å²) in [5.41, 5.74) is 0.323. The maximum absolute atomic E-state index is 11.1. The van der Waals surface area contributed by atoms with Gasteiger partial charge in [-0.15, -0.1) is 0 Å². The highest BCUT2D eigenvalue weighted by atomic mass is 127. The maximum atomic E-state index is 11.1. The first-order valence-electron chi connectivity index (χ1n) is 7.07. The summed E-state index contributed by atoms with van der Waals surface area (Å²) in [6.45, 7) is 1.47. The van der Waals surface area contributed by atoms with Gasteiger partial charge in [0.25, 0.3) is 0 Å². The molecule has 4 saturated carbocycles. The van der Waals surface area contributed by atoms with E-state index >= 15 is 0 Å². The zero-order chi connectivity index (χ0) is 13.5. The molecule has 0 amide bonds. The second-order valence-electron chi connectivity index (χ2n) is 6.71. The highest BCUT2D eigenvalue weighted by Crippen LogP contribution is 2.62. The van der Waals surface area contributed by atoms with E-state index in [1.54, 1.807) is 22.6 Å². The predicted octanol–water partition coefficient (Wildman–Crippen LogP) is 4.35. The van der Waals surface area contributed by atoms with Crippen LogP contribution in [-0.2, 0) is 9.47 Å². The van der Waals surface area contributed by atoms with Gasteiger partial charge in [0.05, 0.1) is 41.4 Å². The molecule has 4 rings (SSSR count). The summed E-state index contributed by atoms with van der Waals surface area (Å²) in [6.07, 6.45) is 7.43. The van der Waals surface area contributed by atoms with Gasteiger partial charge in [0, 0.05) is 9.84 Å². The van der Waals surface area contributed by atoms with E-state index in [1.165, 1.54) is 32.1 Å². The van der Waals surface area contributed by atoms with Crippen LogP contribution in [0.3, 0.4) is 0 Å². The van der Waals surface area contributed by atoms with Gasteiger partial charge in [-0.05, 0) is 50.4 Å². The lowest BCUT2D eigenvalue weighted by atomic mass is 9.48. The average molecular weight is 490 g/mol. The minimum absolute atomic E-state index is 0.104. The highest BCUT2D eigenvalue weighted by molar-refractivity contribution is 14.1. The summed E-state index contributed by atoms with van der Waals surface area (Å²) in [7, 11) is 0. The third kappa shape index (κ3) is 3.07. The lowest BCUT2D eigenvalue weighted by molar-refractivity contribution is -0.197. The fourth-order valence-corrected chi connectivity index (χ4v) is 5.54. The summed E-state index contributed by atoms with van der Waals surface area (Å²) in [5.74, 6) is 1.59. The largest absolute Gasteiger partial charge is 0.458 e. The van der Waals surface area contributed by atoms with Gasteiger partial charge in [-0.1, -0.05) is 22.6 Å². The number of carbonyl (C=O) groups is 1. The Bertz CT molecular complexity index is 358. The Kier molecular flexibility index (Phi) is 4.36. The second-order valence-corrected chi connectivity index (χ2v) is 8.67. The van der Waals surface area contributed by atoms with Crippen molar-refractivity contribution in [3.05, 3.63) is 0 Å². The Morgan fingerprint density at radius 1 is 1.21 bits per heavy atom. The van der Waals surface area contributed by atoms with Crippen molar-refractivity contribution in [3.8, 4) is 0 Å². The van der Waals surface area contributed by atoms with Crippen molar-refractivity contribution in [3.63, 3.8) is 0 Å². The van der Waals surface area contributed by atoms with Crippen LogP contribution < -0.4 is 0 Å². The van der Waals surface area contributed by atoms with E-state index in [1.807, 2.05) is 0 Å². The Morgan fingerprint density at radius 2 is 1.89 bits per heavy atom. The Hall–Kier alpha value is 0.890. The standard InChI is InChI=1S/C14H20I2O3/c15-1-2-19-14-6-10-3-11(7-14)5-13(4-10,8-14)9-18-12(16)17/h10-11H,1-9H2. The van der Waals surface area contributed by atoms with Crippen molar-refractivity contribution in [2.45, 2.75) is 44.1 Å². The third-order valence-corrected chi connectivity index (χ3v) is 5.86. The predicted molar refractivity (Wildman–Crippen MR) is 90.1 cm³/mol. The topological polar surface area (TPSA) is 35.5 Å². The van der Waals surface area contributed by atoms with Crippen LogP contribution in [0, 0.1) is 17.3 Å². The molecule has 0 spiro atoms. The first kappa shape index (κ1) is 14.8. The van der Waals surface area contributed by atoms with Crippen LogP contribution in [0.1, 0.15) is 38.5 Å². The zero-order valence-electron chi connectivity index (χ0n) is 11.0. The quantitative estimate of drug-likeness (QED) is 0.327. The van der Waals surface area contributed by atoms with Gasteiger partial charge >= 0.3 is 3.98 Å². The molecule has 2 atom stereocenters. The van der Waals surface area contributed by atoms with E-state index in [2.05, 4.69) is 22.6 Å². The molecule has 19 heavy (non-hydrogen) atoms. The second kappa shape index (κ2) is 5.59. The number of rotatable bonds is 5. The molecule has 0 aromatic rings. The number of carbonyl (C=O) groups excluding carboxylic acids is 1. The van der Waals surface area contributed by atoms with Crippen molar-refractivity contribution in [1.82, 2.24) is 0 Å². The van der Waals surface area contributed by atoms with Gasteiger partial charge in [-0.3, -0.25) is 0 Å². The summed E-state index contributed by atoms with van der Waals surface area (Å²) in [6, 6.07) is 0. The normalized spacial score (nSPS) is 43.5. The molecule has 4 aliphatic rings. The van der Waals surface area contributed by atoms with Crippen LogP contribution in [0.4, 0.5) is 4.79 Å². The molecule has 0 aromatic heterocycles. The molecule has 3 nitrogen and oxygen atoms in total. The SMILES string of the molecule is O=C(I)OCC12CC3CC(C1)CC(OCCI)(C3)C2. The van der Waals surface area contributed by atoms with Crippen LogP contribution >= 0.6 is 45.2 Å². The van der Waals surface area contributed by atoms with Crippen molar-refractivity contribution in [2.75, 3.05) is 17.6 Å². The molecule has 4 aliphatic carbocycles. The van der Waals surface area contributed by atoms with E-state index in [9.17, 15) is 4.79 Å². The zero-order valence-corrected chi connectivity index (χ0v) is 15.3. The van der Waals surface area contributed by atoms with Crippen molar-refractivity contribution in [1.29, 1.82) is 0 Å². The number of hydrogen-bond donors (Lipinski definition) is 0. The number of ether oxygens (including phenoxy) is 2. The van der Waals surface area contributed by atoms with E-state index < -0.39 is 0 Å². The molecule has 0 aromatic carbocycles. The molecular formula is C14H20I2O3. The molecule has 2 unspecified atom stereocenters. The molecule has 5 heteroatoms. The lowest BCUT2D eigenvalue weighted by Gasteiger charge is -2.61. The summed E-state index contributed by atoms with van der Waals surface area (Å²) in [5, 5.41) is 0. The van der Waals surface area contributed by atoms with E-state index in [0.717, 1.165) is 29.3 Å². The van der Waals surface area contributed by atoms with Gasteiger partial charge in [0.15, 0.2) is 0 Å². The molecule has 4 fully saturated rings. The number of alkyl halides is 1. The molecular weight excluding hydrogens is 470 g/mol. The van der Waals surface area contributed by atoms with Crippen LogP contribution in [0.5, 0.6) is 0 Å². The molecule has 0 heterocycles. The van der Waals surface area contributed by atoms with Crippen molar-refractivity contribution in [2.24, 2.45) is 17.3 Å². The first-order valence-corrected chi connectivity index (χ1v) is 9.67.